The SMILES string of the molecule is COc1cc(OC)c(OC)cc1/C=C/C(=O)OCC(=O)NNC(=O)c1ccccc1Cl. The summed E-state index contributed by atoms with van der Waals surface area (Å²) in [7, 11) is 4.44. The molecule has 2 aromatic rings. The second-order valence-corrected chi connectivity index (χ2v) is 6.28. The van der Waals surface area contributed by atoms with Gasteiger partial charge in [-0.1, -0.05) is 23.7 Å². The Morgan fingerprint density at radius 3 is 2.23 bits per heavy atom. The van der Waals surface area contributed by atoms with E-state index in [2.05, 4.69) is 10.9 Å². The molecule has 0 spiro atoms. The average molecular weight is 449 g/mol. The van der Waals surface area contributed by atoms with E-state index < -0.39 is 24.4 Å². The van der Waals surface area contributed by atoms with Crippen LogP contribution in [0.5, 0.6) is 17.2 Å². The Hall–Kier alpha value is -3.72. The number of hydrogen-bond acceptors (Lipinski definition) is 7. The summed E-state index contributed by atoms with van der Waals surface area (Å²) in [6.07, 6.45) is 2.57. The number of halogens is 1. The average Bonchev–Trinajstić information content (AvgIpc) is 2.79. The molecule has 2 N–H and O–H groups in total. The highest BCUT2D eigenvalue weighted by Crippen LogP contribution is 2.35. The molecule has 0 unspecified atom stereocenters. The maximum atomic E-state index is 12.0. The van der Waals surface area contributed by atoms with Gasteiger partial charge in [-0.05, 0) is 24.3 Å². The van der Waals surface area contributed by atoms with Gasteiger partial charge in [-0.2, -0.15) is 0 Å². The molecular weight excluding hydrogens is 428 g/mol. The van der Waals surface area contributed by atoms with Crippen molar-refractivity contribution in [1.29, 1.82) is 0 Å². The van der Waals surface area contributed by atoms with Crippen LogP contribution in [0.4, 0.5) is 0 Å². The van der Waals surface area contributed by atoms with Crippen LogP contribution in [-0.2, 0) is 14.3 Å². The third-order valence-corrected chi connectivity index (χ3v) is 4.24. The van der Waals surface area contributed by atoms with E-state index in [9.17, 15) is 14.4 Å². The molecule has 0 radical (unpaired) electrons. The van der Waals surface area contributed by atoms with E-state index in [1.807, 2.05) is 0 Å². The summed E-state index contributed by atoms with van der Waals surface area (Å²) >= 11 is 5.91. The lowest BCUT2D eigenvalue weighted by molar-refractivity contribution is -0.144. The molecule has 0 atom stereocenters. The molecule has 0 heterocycles. The molecule has 2 aromatic carbocycles. The van der Waals surface area contributed by atoms with Crippen LogP contribution in [0.2, 0.25) is 5.02 Å². The van der Waals surface area contributed by atoms with E-state index in [1.54, 1.807) is 30.3 Å². The smallest absolute Gasteiger partial charge is 0.331 e. The number of methoxy groups -OCH3 is 3. The molecule has 0 fully saturated rings. The molecule has 2 rings (SSSR count). The fraction of sp³-hybridized carbons (Fsp3) is 0.190. The van der Waals surface area contributed by atoms with Crippen molar-refractivity contribution in [2.24, 2.45) is 0 Å². The summed E-state index contributed by atoms with van der Waals surface area (Å²) in [6.45, 7) is -0.602. The number of amides is 2. The molecule has 2 amide bonds. The van der Waals surface area contributed by atoms with Crippen LogP contribution >= 0.6 is 11.6 Å². The molecular formula is C21H21ClN2O7. The van der Waals surface area contributed by atoms with Crippen molar-refractivity contribution in [2.75, 3.05) is 27.9 Å². The van der Waals surface area contributed by atoms with Crippen LogP contribution in [-0.4, -0.2) is 45.7 Å². The lowest BCUT2D eigenvalue weighted by atomic mass is 10.1. The van der Waals surface area contributed by atoms with Gasteiger partial charge in [0.2, 0.25) is 0 Å². The summed E-state index contributed by atoms with van der Waals surface area (Å²) in [5.74, 6) is -0.748. The number of nitrogens with one attached hydrogen (secondary N) is 2. The van der Waals surface area contributed by atoms with Crippen molar-refractivity contribution in [1.82, 2.24) is 10.9 Å². The van der Waals surface area contributed by atoms with E-state index >= 15 is 0 Å². The maximum absolute atomic E-state index is 12.0. The predicted octanol–water partition coefficient (Wildman–Crippen LogP) is 2.38. The van der Waals surface area contributed by atoms with Gasteiger partial charge in [0.1, 0.15) is 5.75 Å². The minimum absolute atomic E-state index is 0.188. The number of rotatable bonds is 8. The maximum Gasteiger partial charge on any atom is 0.331 e. The lowest BCUT2D eigenvalue weighted by Gasteiger charge is -2.12. The van der Waals surface area contributed by atoms with Crippen LogP contribution in [0.25, 0.3) is 6.08 Å². The van der Waals surface area contributed by atoms with Crippen molar-refractivity contribution in [3.8, 4) is 17.2 Å². The zero-order valence-corrected chi connectivity index (χ0v) is 17.8. The first-order valence-electron chi connectivity index (χ1n) is 8.88. The van der Waals surface area contributed by atoms with Crippen molar-refractivity contribution in [3.05, 3.63) is 58.6 Å². The predicted molar refractivity (Wildman–Crippen MR) is 113 cm³/mol. The monoisotopic (exact) mass is 448 g/mol. The second-order valence-electron chi connectivity index (χ2n) is 5.87. The minimum atomic E-state index is -0.774. The Morgan fingerprint density at radius 1 is 0.935 bits per heavy atom. The summed E-state index contributed by atoms with van der Waals surface area (Å²) in [4.78, 5) is 35.7. The van der Waals surface area contributed by atoms with Gasteiger partial charge in [-0.15, -0.1) is 0 Å². The molecule has 10 heteroatoms. The summed E-state index contributed by atoms with van der Waals surface area (Å²) in [6, 6.07) is 9.57. The van der Waals surface area contributed by atoms with Gasteiger partial charge in [0.25, 0.3) is 11.8 Å². The van der Waals surface area contributed by atoms with Gasteiger partial charge >= 0.3 is 5.97 Å². The van der Waals surface area contributed by atoms with Gasteiger partial charge in [-0.3, -0.25) is 20.4 Å². The van der Waals surface area contributed by atoms with Crippen LogP contribution in [0.3, 0.4) is 0 Å². The van der Waals surface area contributed by atoms with E-state index in [4.69, 9.17) is 30.5 Å². The third kappa shape index (κ3) is 6.65. The Kier molecular flexibility index (Phi) is 8.71. The van der Waals surface area contributed by atoms with Gasteiger partial charge < -0.3 is 18.9 Å². The number of esters is 1. The zero-order chi connectivity index (χ0) is 22.8. The Morgan fingerprint density at radius 2 is 1.58 bits per heavy atom. The third-order valence-electron chi connectivity index (χ3n) is 3.91. The highest BCUT2D eigenvalue weighted by molar-refractivity contribution is 6.33. The number of hydrazine groups is 1. The zero-order valence-electron chi connectivity index (χ0n) is 17.1. The summed E-state index contributed by atoms with van der Waals surface area (Å²) in [5.41, 5.74) is 5.04. The molecule has 0 bridgehead atoms. The molecule has 0 aliphatic rings. The number of ether oxygens (including phenoxy) is 4. The Bertz CT molecular complexity index is 992. The Labute approximate surface area is 183 Å². The van der Waals surface area contributed by atoms with Crippen LogP contribution in [0.1, 0.15) is 15.9 Å². The largest absolute Gasteiger partial charge is 0.496 e. The van der Waals surface area contributed by atoms with Gasteiger partial charge in [0.15, 0.2) is 18.1 Å². The molecule has 0 saturated carbocycles. The Balaban J connectivity index is 1.89. The molecule has 0 aromatic heterocycles. The van der Waals surface area contributed by atoms with Crippen molar-refractivity contribution < 1.29 is 33.3 Å². The minimum Gasteiger partial charge on any atom is -0.496 e. The molecule has 31 heavy (non-hydrogen) atoms. The first-order chi connectivity index (χ1) is 14.9. The van der Waals surface area contributed by atoms with Crippen LogP contribution in [0.15, 0.2) is 42.5 Å². The highest BCUT2D eigenvalue weighted by atomic mass is 35.5. The summed E-state index contributed by atoms with van der Waals surface area (Å²) < 4.78 is 20.5. The van der Waals surface area contributed by atoms with E-state index in [1.165, 1.54) is 33.5 Å². The van der Waals surface area contributed by atoms with Crippen LogP contribution in [0, 0.1) is 0 Å². The van der Waals surface area contributed by atoms with Crippen molar-refractivity contribution in [3.63, 3.8) is 0 Å². The van der Waals surface area contributed by atoms with Gasteiger partial charge in [0.05, 0.1) is 31.9 Å². The number of hydrogen-bond donors (Lipinski definition) is 2. The summed E-state index contributed by atoms with van der Waals surface area (Å²) in [5, 5.41) is 0.233. The number of carbonyl (C=O) groups excluding carboxylic acids is 3. The molecule has 0 saturated heterocycles. The molecule has 9 nitrogen and oxygen atoms in total. The molecule has 164 valence electrons. The highest BCUT2D eigenvalue weighted by Gasteiger charge is 2.12. The van der Waals surface area contributed by atoms with Gasteiger partial charge in [-0.25, -0.2) is 4.79 Å². The normalized spacial score (nSPS) is 10.3. The van der Waals surface area contributed by atoms with Crippen molar-refractivity contribution in [2.45, 2.75) is 0 Å². The first-order valence-corrected chi connectivity index (χ1v) is 9.26. The van der Waals surface area contributed by atoms with E-state index in [0.29, 0.717) is 22.8 Å². The number of benzene rings is 2. The number of carbonyl (C=O) groups is 3. The second kappa shape index (κ2) is 11.5. The fourth-order valence-electron chi connectivity index (χ4n) is 2.40. The molecule has 0 aliphatic carbocycles. The van der Waals surface area contributed by atoms with E-state index in [-0.39, 0.29) is 10.6 Å². The topological polar surface area (TPSA) is 112 Å². The quantitative estimate of drug-likeness (QED) is 0.362. The molecule has 0 aliphatic heterocycles. The standard InChI is InChI=1S/C21H21ClN2O7/c1-28-16-11-18(30-3)17(29-2)10-13(16)8-9-20(26)31-12-19(25)23-24-21(27)14-6-4-5-7-15(14)22/h4-11H,12H2,1-3H3,(H,23,25)(H,24,27)/b9-8+. The lowest BCUT2D eigenvalue weighted by Crippen LogP contribution is -2.43. The first kappa shape index (κ1) is 23.6. The van der Waals surface area contributed by atoms with E-state index in [0.717, 1.165) is 6.08 Å². The van der Waals surface area contributed by atoms with Gasteiger partial charge in [0, 0.05) is 17.7 Å². The van der Waals surface area contributed by atoms with Crippen molar-refractivity contribution >= 4 is 35.5 Å². The fourth-order valence-corrected chi connectivity index (χ4v) is 2.62. The van der Waals surface area contributed by atoms with Crippen LogP contribution < -0.4 is 25.1 Å².